The fraction of sp³-hybridized carbons (Fsp3) is 0. The molecule has 0 saturated carbocycles. The number of hydrogen-bond acceptors (Lipinski definition) is 2. The number of halogens is 2. The molecule has 0 aliphatic heterocycles. The SMILES string of the molecule is O=c1ccc2cccnc2n1-c1cc(Cl)cc(Cl)c1. The van der Waals surface area contributed by atoms with Crippen LogP contribution < -0.4 is 5.56 Å². The minimum atomic E-state index is -0.176. The third-order valence-electron chi connectivity index (χ3n) is 2.76. The fourth-order valence-electron chi connectivity index (χ4n) is 1.98. The van der Waals surface area contributed by atoms with Crippen LogP contribution in [0.15, 0.2) is 53.5 Å². The van der Waals surface area contributed by atoms with Crippen molar-refractivity contribution in [3.63, 3.8) is 0 Å². The van der Waals surface area contributed by atoms with E-state index in [0.29, 0.717) is 21.4 Å². The Hall–Kier alpha value is -1.84. The molecule has 3 nitrogen and oxygen atoms in total. The summed E-state index contributed by atoms with van der Waals surface area (Å²) in [6.45, 7) is 0. The monoisotopic (exact) mass is 290 g/mol. The van der Waals surface area contributed by atoms with Gasteiger partial charge in [-0.3, -0.25) is 9.36 Å². The van der Waals surface area contributed by atoms with Crippen molar-refractivity contribution in [2.24, 2.45) is 0 Å². The van der Waals surface area contributed by atoms with Gasteiger partial charge in [0, 0.05) is 27.7 Å². The number of rotatable bonds is 1. The van der Waals surface area contributed by atoms with Gasteiger partial charge in [-0.25, -0.2) is 4.98 Å². The summed E-state index contributed by atoms with van der Waals surface area (Å²) in [6.07, 6.45) is 1.64. The Labute approximate surface area is 119 Å². The Balaban J connectivity index is 2.41. The minimum Gasteiger partial charge on any atom is -0.269 e. The molecule has 2 heterocycles. The van der Waals surface area contributed by atoms with Crippen molar-refractivity contribution in [1.82, 2.24) is 9.55 Å². The third kappa shape index (κ3) is 2.23. The van der Waals surface area contributed by atoms with E-state index in [9.17, 15) is 4.79 Å². The molecule has 0 aliphatic carbocycles. The standard InChI is InChI=1S/C14H8Cl2N2O/c15-10-6-11(16)8-12(7-10)18-13(19)4-3-9-2-1-5-17-14(9)18/h1-8H. The Bertz CT molecular complexity index is 807. The average Bonchev–Trinajstić information content (AvgIpc) is 2.37. The molecule has 5 heteroatoms. The molecule has 0 bridgehead atoms. The van der Waals surface area contributed by atoms with Crippen LogP contribution in [0.1, 0.15) is 0 Å². The van der Waals surface area contributed by atoms with Gasteiger partial charge < -0.3 is 0 Å². The van der Waals surface area contributed by atoms with E-state index in [-0.39, 0.29) is 5.56 Å². The van der Waals surface area contributed by atoms with Crippen molar-refractivity contribution in [3.8, 4) is 5.69 Å². The number of pyridine rings is 2. The Morgan fingerprint density at radius 1 is 1.00 bits per heavy atom. The summed E-state index contributed by atoms with van der Waals surface area (Å²) in [6, 6.07) is 11.9. The number of fused-ring (bicyclic) bond motifs is 1. The molecule has 0 amide bonds. The molecule has 94 valence electrons. The number of benzene rings is 1. The van der Waals surface area contributed by atoms with Gasteiger partial charge in [0.1, 0.15) is 5.65 Å². The first-order valence-corrected chi connectivity index (χ1v) is 6.34. The molecule has 0 unspecified atom stereocenters. The maximum Gasteiger partial charge on any atom is 0.256 e. The maximum absolute atomic E-state index is 12.1. The number of hydrogen-bond donors (Lipinski definition) is 0. The fourth-order valence-corrected chi connectivity index (χ4v) is 2.50. The molecule has 0 atom stereocenters. The second-order valence-corrected chi connectivity index (χ2v) is 4.92. The van der Waals surface area contributed by atoms with Gasteiger partial charge in [-0.2, -0.15) is 0 Å². The molecule has 0 fully saturated rings. The highest BCUT2D eigenvalue weighted by atomic mass is 35.5. The van der Waals surface area contributed by atoms with Crippen LogP contribution in [-0.2, 0) is 0 Å². The van der Waals surface area contributed by atoms with Gasteiger partial charge in [0.15, 0.2) is 0 Å². The lowest BCUT2D eigenvalue weighted by atomic mass is 10.2. The lowest BCUT2D eigenvalue weighted by Crippen LogP contribution is -2.18. The summed E-state index contributed by atoms with van der Waals surface area (Å²) < 4.78 is 1.49. The van der Waals surface area contributed by atoms with Crippen molar-refractivity contribution < 1.29 is 0 Å². The van der Waals surface area contributed by atoms with Gasteiger partial charge in [0.25, 0.3) is 5.56 Å². The van der Waals surface area contributed by atoms with E-state index in [0.717, 1.165) is 5.39 Å². The van der Waals surface area contributed by atoms with Crippen molar-refractivity contribution in [3.05, 3.63) is 69.1 Å². The first-order valence-electron chi connectivity index (χ1n) is 5.58. The first kappa shape index (κ1) is 12.2. The molecule has 0 aliphatic rings. The van der Waals surface area contributed by atoms with E-state index in [1.807, 2.05) is 12.1 Å². The van der Waals surface area contributed by atoms with Crippen molar-refractivity contribution in [2.75, 3.05) is 0 Å². The van der Waals surface area contributed by atoms with E-state index >= 15 is 0 Å². The highest BCUT2D eigenvalue weighted by Crippen LogP contribution is 2.22. The topological polar surface area (TPSA) is 34.9 Å². The molecule has 1 aromatic carbocycles. The predicted octanol–water partition coefficient (Wildman–Crippen LogP) is 3.69. The highest BCUT2D eigenvalue weighted by molar-refractivity contribution is 6.34. The molecule has 2 aromatic heterocycles. The zero-order valence-electron chi connectivity index (χ0n) is 9.68. The number of aromatic nitrogens is 2. The summed E-state index contributed by atoms with van der Waals surface area (Å²) >= 11 is 12.0. The highest BCUT2D eigenvalue weighted by Gasteiger charge is 2.07. The third-order valence-corrected chi connectivity index (χ3v) is 3.20. The van der Waals surface area contributed by atoms with Gasteiger partial charge in [0.2, 0.25) is 0 Å². The summed E-state index contributed by atoms with van der Waals surface area (Å²) in [5.74, 6) is 0. The second kappa shape index (κ2) is 4.68. The minimum absolute atomic E-state index is 0.176. The van der Waals surface area contributed by atoms with Crippen LogP contribution >= 0.6 is 23.2 Å². The molecule has 0 radical (unpaired) electrons. The van der Waals surface area contributed by atoms with Crippen LogP contribution in [0, 0.1) is 0 Å². The second-order valence-electron chi connectivity index (χ2n) is 4.05. The van der Waals surface area contributed by atoms with E-state index in [1.165, 1.54) is 10.6 Å². The van der Waals surface area contributed by atoms with Crippen molar-refractivity contribution in [1.29, 1.82) is 0 Å². The van der Waals surface area contributed by atoms with E-state index in [1.54, 1.807) is 30.5 Å². The predicted molar refractivity (Wildman–Crippen MR) is 77.4 cm³/mol. The molecule has 0 N–H and O–H groups in total. The van der Waals surface area contributed by atoms with Crippen LogP contribution in [0.25, 0.3) is 16.7 Å². The van der Waals surface area contributed by atoms with Crippen LogP contribution in [0.3, 0.4) is 0 Å². The molecule has 19 heavy (non-hydrogen) atoms. The molecule has 3 rings (SSSR count). The lowest BCUT2D eigenvalue weighted by Gasteiger charge is -2.09. The van der Waals surface area contributed by atoms with Crippen molar-refractivity contribution >= 4 is 34.2 Å². The van der Waals surface area contributed by atoms with Crippen LogP contribution in [0.5, 0.6) is 0 Å². The van der Waals surface area contributed by atoms with Crippen LogP contribution in [-0.4, -0.2) is 9.55 Å². The largest absolute Gasteiger partial charge is 0.269 e. The quantitative estimate of drug-likeness (QED) is 0.685. The Morgan fingerprint density at radius 2 is 1.74 bits per heavy atom. The first-order chi connectivity index (χ1) is 9.15. The zero-order chi connectivity index (χ0) is 13.4. The van der Waals surface area contributed by atoms with E-state index in [2.05, 4.69) is 4.98 Å². The summed E-state index contributed by atoms with van der Waals surface area (Å²) in [4.78, 5) is 16.3. The van der Waals surface area contributed by atoms with Gasteiger partial charge in [-0.1, -0.05) is 23.2 Å². The van der Waals surface area contributed by atoms with E-state index in [4.69, 9.17) is 23.2 Å². The van der Waals surface area contributed by atoms with Crippen LogP contribution in [0.2, 0.25) is 10.0 Å². The van der Waals surface area contributed by atoms with E-state index < -0.39 is 0 Å². The molecular formula is C14H8Cl2N2O. The Kier molecular flexibility index (Phi) is 3.01. The van der Waals surface area contributed by atoms with Crippen LogP contribution in [0.4, 0.5) is 0 Å². The Morgan fingerprint density at radius 3 is 2.47 bits per heavy atom. The number of nitrogens with zero attached hydrogens (tertiary/aromatic N) is 2. The van der Waals surface area contributed by atoms with Gasteiger partial charge in [-0.05, 0) is 36.4 Å². The lowest BCUT2D eigenvalue weighted by molar-refractivity contribution is 1.02. The normalized spacial score (nSPS) is 10.8. The molecule has 3 aromatic rings. The zero-order valence-corrected chi connectivity index (χ0v) is 11.2. The maximum atomic E-state index is 12.1. The van der Waals surface area contributed by atoms with Gasteiger partial charge in [-0.15, -0.1) is 0 Å². The molecular weight excluding hydrogens is 283 g/mol. The molecule has 0 saturated heterocycles. The van der Waals surface area contributed by atoms with Gasteiger partial charge in [0.05, 0.1) is 5.69 Å². The summed E-state index contributed by atoms with van der Waals surface area (Å²) in [7, 11) is 0. The summed E-state index contributed by atoms with van der Waals surface area (Å²) in [5, 5.41) is 1.82. The smallest absolute Gasteiger partial charge is 0.256 e. The molecule has 0 spiro atoms. The summed E-state index contributed by atoms with van der Waals surface area (Å²) in [5.41, 5.74) is 1.00. The van der Waals surface area contributed by atoms with Gasteiger partial charge >= 0.3 is 0 Å². The van der Waals surface area contributed by atoms with Crippen molar-refractivity contribution in [2.45, 2.75) is 0 Å². The average molecular weight is 291 g/mol.